The van der Waals surface area contributed by atoms with Crippen LogP contribution in [0, 0.1) is 11.5 Å². The Morgan fingerprint density at radius 2 is 1.63 bits per heavy atom. The van der Waals surface area contributed by atoms with Crippen molar-refractivity contribution in [3.05, 3.63) is 54.6 Å². The molecule has 0 fully saturated rings. The van der Waals surface area contributed by atoms with Gasteiger partial charge in [-0.3, -0.25) is 0 Å². The number of thiol groups is 1. The van der Waals surface area contributed by atoms with Gasteiger partial charge in [-0.25, -0.2) is 14.4 Å². The number of anilines is 1. The molecule has 2 rings (SSSR count). The van der Waals surface area contributed by atoms with Crippen LogP contribution in [0.2, 0.25) is 0 Å². The summed E-state index contributed by atoms with van der Waals surface area (Å²) in [7, 11) is 0. The first-order valence-electron chi connectivity index (χ1n) is 5.56. The molecular formula is C14H11N3OS. The van der Waals surface area contributed by atoms with Crippen LogP contribution >= 0.6 is 12.8 Å². The van der Waals surface area contributed by atoms with Gasteiger partial charge in [0.1, 0.15) is 0 Å². The van der Waals surface area contributed by atoms with Gasteiger partial charge in [0.15, 0.2) is 6.19 Å². The summed E-state index contributed by atoms with van der Waals surface area (Å²) in [5.41, 5.74) is 2.74. The molecule has 19 heavy (non-hydrogen) atoms. The van der Waals surface area contributed by atoms with Crippen LogP contribution in [-0.4, -0.2) is 6.03 Å². The fourth-order valence-electron chi connectivity index (χ4n) is 1.64. The number of nitrogens with zero attached hydrogens (tertiary/aromatic N) is 2. The van der Waals surface area contributed by atoms with Crippen LogP contribution in [0.4, 0.5) is 10.5 Å². The molecule has 0 aromatic heterocycles. The Hall–Kier alpha value is -2.45. The van der Waals surface area contributed by atoms with Gasteiger partial charge in [-0.05, 0) is 23.3 Å². The van der Waals surface area contributed by atoms with Gasteiger partial charge in [-0.2, -0.15) is 5.26 Å². The predicted octanol–water partition coefficient (Wildman–Crippen LogP) is 3.20. The number of carbonyl (C=O) groups is 1. The number of hydrogen-bond acceptors (Lipinski definition) is 3. The number of hydrogen-bond donors (Lipinski definition) is 2. The highest BCUT2D eigenvalue weighted by molar-refractivity contribution is 7.82. The number of nitriles is 1. The Morgan fingerprint density at radius 3 is 2.21 bits per heavy atom. The van der Waals surface area contributed by atoms with E-state index in [4.69, 9.17) is 5.26 Å². The van der Waals surface area contributed by atoms with Crippen LogP contribution in [0.1, 0.15) is 0 Å². The van der Waals surface area contributed by atoms with Crippen molar-refractivity contribution < 1.29 is 4.79 Å². The third-order valence-electron chi connectivity index (χ3n) is 2.57. The topological polar surface area (TPSA) is 56.1 Å². The lowest BCUT2D eigenvalue weighted by Gasteiger charge is -2.14. The first-order chi connectivity index (χ1) is 9.22. The van der Waals surface area contributed by atoms with Crippen LogP contribution in [0.5, 0.6) is 0 Å². The zero-order chi connectivity index (χ0) is 13.7. The van der Waals surface area contributed by atoms with Crippen LogP contribution < -0.4 is 9.62 Å². The molecule has 2 aromatic carbocycles. The molecule has 0 heterocycles. The third kappa shape index (κ3) is 3.06. The molecule has 2 amide bonds. The lowest BCUT2D eigenvalue weighted by molar-refractivity contribution is 0.253. The summed E-state index contributed by atoms with van der Waals surface area (Å²) in [5, 5.41) is 10.4. The van der Waals surface area contributed by atoms with Crippen molar-refractivity contribution in [2.24, 2.45) is 0 Å². The first kappa shape index (κ1) is 13.0. The summed E-state index contributed by atoms with van der Waals surface area (Å²) in [6, 6.07) is 16.7. The number of nitrogens with one attached hydrogen (secondary N) is 1. The van der Waals surface area contributed by atoms with Crippen LogP contribution in [-0.2, 0) is 0 Å². The summed E-state index contributed by atoms with van der Waals surface area (Å²) < 4.78 is 1.08. The Kier molecular flexibility index (Phi) is 4.06. The summed E-state index contributed by atoms with van der Waals surface area (Å²) in [6.45, 7) is 0. The van der Waals surface area contributed by atoms with E-state index in [0.717, 1.165) is 15.4 Å². The standard InChI is InChI=1S/C14H11N3OS/c15-10-16-14(18)17(19)13-8-6-12(7-9-13)11-4-2-1-3-5-11/h1-9,19H,(H,16,18). The average Bonchev–Trinajstić information content (AvgIpc) is 2.48. The van der Waals surface area contributed by atoms with Crippen LogP contribution in [0.3, 0.4) is 0 Å². The van der Waals surface area contributed by atoms with E-state index in [0.29, 0.717) is 5.69 Å². The Morgan fingerprint density at radius 1 is 1.05 bits per heavy atom. The van der Waals surface area contributed by atoms with E-state index in [1.807, 2.05) is 47.8 Å². The van der Waals surface area contributed by atoms with E-state index < -0.39 is 6.03 Å². The number of benzene rings is 2. The molecule has 0 saturated heterocycles. The number of carbonyl (C=O) groups excluding carboxylic acids is 1. The van der Waals surface area contributed by atoms with Crippen molar-refractivity contribution >= 4 is 24.5 Å². The smallest absolute Gasteiger partial charge is 0.246 e. The van der Waals surface area contributed by atoms with Gasteiger partial charge in [0.05, 0.1) is 5.69 Å². The number of rotatable bonds is 2. The SMILES string of the molecule is N#CNC(=O)N(S)c1ccc(-c2ccccc2)cc1. The average molecular weight is 269 g/mol. The third-order valence-corrected chi connectivity index (χ3v) is 2.99. The van der Waals surface area contributed by atoms with Gasteiger partial charge < -0.3 is 0 Å². The zero-order valence-electron chi connectivity index (χ0n) is 9.95. The highest BCUT2D eigenvalue weighted by Gasteiger charge is 2.10. The highest BCUT2D eigenvalue weighted by Crippen LogP contribution is 2.23. The minimum absolute atomic E-state index is 0.585. The first-order valence-corrected chi connectivity index (χ1v) is 5.96. The molecule has 0 bridgehead atoms. The largest absolute Gasteiger partial charge is 0.345 e. The molecule has 4 nitrogen and oxygen atoms in total. The van der Waals surface area contributed by atoms with Crippen molar-refractivity contribution in [3.63, 3.8) is 0 Å². The minimum Gasteiger partial charge on any atom is -0.246 e. The Balaban J connectivity index is 2.20. The molecule has 94 valence electrons. The molecule has 0 unspecified atom stereocenters. The quantitative estimate of drug-likeness (QED) is 0.500. The van der Waals surface area contributed by atoms with Gasteiger partial charge in [-0.1, -0.05) is 55.3 Å². The predicted molar refractivity (Wildman–Crippen MR) is 77.5 cm³/mol. The summed E-state index contributed by atoms with van der Waals surface area (Å²) in [4.78, 5) is 11.4. The molecule has 1 N–H and O–H groups in total. The zero-order valence-corrected chi connectivity index (χ0v) is 10.8. The van der Waals surface area contributed by atoms with E-state index in [1.54, 1.807) is 18.3 Å². The Bertz CT molecular complexity index is 605. The van der Waals surface area contributed by atoms with Crippen molar-refractivity contribution in [2.45, 2.75) is 0 Å². The highest BCUT2D eigenvalue weighted by atomic mass is 32.1. The van der Waals surface area contributed by atoms with E-state index in [1.165, 1.54) is 0 Å². The van der Waals surface area contributed by atoms with Crippen molar-refractivity contribution in [3.8, 4) is 17.3 Å². The van der Waals surface area contributed by atoms with Crippen molar-refractivity contribution in [1.82, 2.24) is 5.32 Å². The van der Waals surface area contributed by atoms with Gasteiger partial charge in [0.25, 0.3) is 0 Å². The second kappa shape index (κ2) is 5.94. The minimum atomic E-state index is -0.585. The molecule has 0 radical (unpaired) electrons. The van der Waals surface area contributed by atoms with Gasteiger partial charge in [0.2, 0.25) is 0 Å². The number of urea groups is 1. The molecule has 0 atom stereocenters. The second-order valence-corrected chi connectivity index (χ2v) is 4.17. The molecule has 0 spiro atoms. The molecule has 0 aliphatic carbocycles. The lowest BCUT2D eigenvalue weighted by atomic mass is 10.1. The molecular weight excluding hydrogens is 258 g/mol. The summed E-state index contributed by atoms with van der Waals surface area (Å²) in [5.74, 6) is 0. The van der Waals surface area contributed by atoms with Crippen molar-refractivity contribution in [1.29, 1.82) is 5.26 Å². The van der Waals surface area contributed by atoms with E-state index in [9.17, 15) is 4.79 Å². The normalized spacial score (nSPS) is 9.47. The maximum atomic E-state index is 11.4. The van der Waals surface area contributed by atoms with E-state index in [-0.39, 0.29) is 0 Å². The fourth-order valence-corrected chi connectivity index (χ4v) is 1.83. The summed E-state index contributed by atoms with van der Waals surface area (Å²) >= 11 is 4.04. The maximum absolute atomic E-state index is 11.4. The lowest BCUT2D eigenvalue weighted by Crippen LogP contribution is -2.30. The Labute approximate surface area is 116 Å². The maximum Gasteiger partial charge on any atom is 0.345 e. The van der Waals surface area contributed by atoms with Gasteiger partial charge in [0, 0.05) is 0 Å². The molecule has 0 aliphatic heterocycles. The van der Waals surface area contributed by atoms with Crippen molar-refractivity contribution in [2.75, 3.05) is 4.31 Å². The monoisotopic (exact) mass is 269 g/mol. The van der Waals surface area contributed by atoms with Gasteiger partial charge >= 0.3 is 6.03 Å². The summed E-state index contributed by atoms with van der Waals surface area (Å²) in [6.07, 6.45) is 1.57. The van der Waals surface area contributed by atoms with E-state index >= 15 is 0 Å². The van der Waals surface area contributed by atoms with Crippen LogP contribution in [0.15, 0.2) is 54.6 Å². The second-order valence-electron chi connectivity index (χ2n) is 3.77. The fraction of sp³-hybridized carbons (Fsp3) is 0. The molecule has 0 aliphatic rings. The number of amides is 2. The molecule has 5 heteroatoms. The van der Waals surface area contributed by atoms with Crippen LogP contribution in [0.25, 0.3) is 11.1 Å². The molecule has 2 aromatic rings. The molecule has 0 saturated carbocycles. The van der Waals surface area contributed by atoms with E-state index in [2.05, 4.69) is 12.8 Å². The van der Waals surface area contributed by atoms with Gasteiger partial charge in [-0.15, -0.1) is 0 Å².